The van der Waals surface area contributed by atoms with Crippen LogP contribution in [0.4, 0.5) is 4.79 Å². The van der Waals surface area contributed by atoms with Gasteiger partial charge in [0.15, 0.2) is 0 Å². The van der Waals surface area contributed by atoms with Crippen molar-refractivity contribution >= 4 is 6.03 Å². The molecule has 88 valence electrons. The number of carbonyl (C=O) groups is 1. The van der Waals surface area contributed by atoms with Gasteiger partial charge >= 0.3 is 6.03 Å². The molecule has 4 heteroatoms. The molecule has 0 aromatic heterocycles. The molecule has 0 saturated heterocycles. The first kappa shape index (κ1) is 12.3. The molecular weight excluding hydrogens is 190 g/mol. The Balaban J connectivity index is 2.14. The molecule has 1 saturated carbocycles. The molecule has 1 aliphatic rings. The second-order valence-electron chi connectivity index (χ2n) is 5.17. The van der Waals surface area contributed by atoms with Crippen molar-refractivity contribution in [3.05, 3.63) is 0 Å². The summed E-state index contributed by atoms with van der Waals surface area (Å²) in [6, 6.07) is 0.286. The predicted octanol–water partition coefficient (Wildman–Crippen LogP) is 1.21. The van der Waals surface area contributed by atoms with Crippen LogP contribution in [0, 0.1) is 5.92 Å². The van der Waals surface area contributed by atoms with Crippen LogP contribution in [0.25, 0.3) is 0 Å². The molecule has 1 fully saturated rings. The molecule has 4 N–H and O–H groups in total. The van der Waals surface area contributed by atoms with Gasteiger partial charge in [-0.15, -0.1) is 0 Å². The largest absolute Gasteiger partial charge is 0.338 e. The van der Waals surface area contributed by atoms with Crippen LogP contribution in [-0.4, -0.2) is 24.2 Å². The summed E-state index contributed by atoms with van der Waals surface area (Å²) >= 11 is 0. The van der Waals surface area contributed by atoms with Gasteiger partial charge in [-0.25, -0.2) is 4.79 Å². The normalized spacial score (nSPS) is 25.6. The van der Waals surface area contributed by atoms with Crippen molar-refractivity contribution < 1.29 is 4.79 Å². The third-order valence-corrected chi connectivity index (χ3v) is 3.16. The van der Waals surface area contributed by atoms with Gasteiger partial charge in [-0.3, -0.25) is 0 Å². The summed E-state index contributed by atoms with van der Waals surface area (Å²) in [5.74, 6) is 0.579. The highest BCUT2D eigenvalue weighted by atomic mass is 16.2. The topological polar surface area (TPSA) is 67.2 Å². The Morgan fingerprint density at radius 2 is 2.07 bits per heavy atom. The Kier molecular flexibility index (Phi) is 3.97. The summed E-state index contributed by atoms with van der Waals surface area (Å²) < 4.78 is 0. The summed E-state index contributed by atoms with van der Waals surface area (Å²) in [5.41, 5.74) is 5.55. The van der Waals surface area contributed by atoms with Crippen molar-refractivity contribution in [3.8, 4) is 0 Å². The van der Waals surface area contributed by atoms with Crippen molar-refractivity contribution in [2.24, 2.45) is 11.7 Å². The van der Waals surface area contributed by atoms with Crippen molar-refractivity contribution in [3.63, 3.8) is 0 Å². The number of carbonyl (C=O) groups excluding carboxylic acids is 1. The fourth-order valence-electron chi connectivity index (χ4n) is 1.63. The third kappa shape index (κ3) is 4.08. The van der Waals surface area contributed by atoms with E-state index in [0.29, 0.717) is 12.0 Å². The molecule has 0 spiro atoms. The fourth-order valence-corrected chi connectivity index (χ4v) is 1.63. The Morgan fingerprint density at radius 3 is 2.53 bits per heavy atom. The van der Waals surface area contributed by atoms with Gasteiger partial charge in [0.25, 0.3) is 0 Å². The maximum Gasteiger partial charge on any atom is 0.315 e. The molecule has 0 heterocycles. The van der Waals surface area contributed by atoms with Gasteiger partial charge < -0.3 is 16.4 Å². The number of hydrogen-bond donors (Lipinski definition) is 3. The number of nitrogens with one attached hydrogen (secondary N) is 2. The Bertz CT molecular complexity index is 222. The quantitative estimate of drug-likeness (QED) is 0.657. The minimum absolute atomic E-state index is 0.0673. The zero-order chi connectivity index (χ0) is 11.5. The van der Waals surface area contributed by atoms with Crippen molar-refractivity contribution in [1.82, 2.24) is 10.6 Å². The summed E-state index contributed by atoms with van der Waals surface area (Å²) in [6.07, 6.45) is 3.00. The highest BCUT2D eigenvalue weighted by molar-refractivity contribution is 5.74. The molecule has 0 aromatic carbocycles. The molecule has 1 rings (SSSR count). The number of rotatable bonds is 4. The predicted molar refractivity (Wildman–Crippen MR) is 61.6 cm³/mol. The second kappa shape index (κ2) is 4.84. The molecule has 0 aromatic rings. The van der Waals surface area contributed by atoms with Crippen LogP contribution >= 0.6 is 0 Å². The number of amides is 2. The van der Waals surface area contributed by atoms with E-state index in [1.54, 1.807) is 0 Å². The second-order valence-corrected chi connectivity index (χ2v) is 5.17. The Hall–Kier alpha value is -0.770. The lowest BCUT2D eigenvalue weighted by molar-refractivity contribution is 0.215. The minimum Gasteiger partial charge on any atom is -0.338 e. The first-order valence-electron chi connectivity index (χ1n) is 5.74. The van der Waals surface area contributed by atoms with Gasteiger partial charge in [0, 0.05) is 18.1 Å². The summed E-state index contributed by atoms with van der Waals surface area (Å²) in [7, 11) is 0. The zero-order valence-corrected chi connectivity index (χ0v) is 9.97. The monoisotopic (exact) mass is 213 g/mol. The van der Waals surface area contributed by atoms with Crippen LogP contribution < -0.4 is 16.4 Å². The van der Waals surface area contributed by atoms with E-state index in [9.17, 15) is 4.79 Å². The average molecular weight is 213 g/mol. The van der Waals surface area contributed by atoms with Crippen LogP contribution in [0.1, 0.15) is 40.0 Å². The Labute approximate surface area is 92.0 Å². The summed E-state index contributed by atoms with van der Waals surface area (Å²) in [4.78, 5) is 11.5. The lowest BCUT2D eigenvalue weighted by atomic mass is 9.81. The van der Waals surface area contributed by atoms with E-state index in [-0.39, 0.29) is 11.6 Å². The maximum atomic E-state index is 11.5. The Morgan fingerprint density at radius 1 is 1.47 bits per heavy atom. The molecule has 0 bridgehead atoms. The summed E-state index contributed by atoms with van der Waals surface area (Å²) in [6.45, 7) is 6.85. The first-order chi connectivity index (χ1) is 6.93. The number of urea groups is 1. The molecule has 15 heavy (non-hydrogen) atoms. The number of hydrogen-bond acceptors (Lipinski definition) is 2. The highest BCUT2D eigenvalue weighted by Gasteiger charge is 2.26. The van der Waals surface area contributed by atoms with Crippen LogP contribution in [0.3, 0.4) is 0 Å². The molecule has 2 amide bonds. The van der Waals surface area contributed by atoms with E-state index in [1.165, 1.54) is 0 Å². The number of nitrogens with two attached hydrogens (primary N) is 1. The van der Waals surface area contributed by atoms with Gasteiger partial charge in [-0.05, 0) is 39.0 Å². The zero-order valence-electron chi connectivity index (χ0n) is 9.97. The van der Waals surface area contributed by atoms with Crippen LogP contribution in [-0.2, 0) is 0 Å². The lowest BCUT2D eigenvalue weighted by Crippen LogP contribution is -2.50. The van der Waals surface area contributed by atoms with Crippen LogP contribution in [0.5, 0.6) is 0 Å². The standard InChI is InChI=1S/C11H23N3O/c1-4-11(2,3)14-10(15)13-7-8-5-9(12)6-8/h8-9H,4-7,12H2,1-3H3,(H2,13,14,15). The average Bonchev–Trinajstić information content (AvgIpc) is 2.10. The SMILES string of the molecule is CCC(C)(C)NC(=O)NCC1CC(N)C1. The molecule has 4 nitrogen and oxygen atoms in total. The van der Waals surface area contributed by atoms with E-state index in [4.69, 9.17) is 5.73 Å². The van der Waals surface area contributed by atoms with E-state index >= 15 is 0 Å². The van der Waals surface area contributed by atoms with Crippen molar-refractivity contribution in [2.75, 3.05) is 6.54 Å². The molecule has 0 radical (unpaired) electrons. The fraction of sp³-hybridized carbons (Fsp3) is 0.909. The van der Waals surface area contributed by atoms with E-state index in [0.717, 1.165) is 25.8 Å². The van der Waals surface area contributed by atoms with Gasteiger partial charge in [0.2, 0.25) is 0 Å². The summed E-state index contributed by atoms with van der Waals surface area (Å²) in [5, 5.41) is 5.83. The maximum absolute atomic E-state index is 11.5. The van der Waals surface area contributed by atoms with E-state index in [1.807, 2.05) is 13.8 Å². The van der Waals surface area contributed by atoms with Crippen LogP contribution in [0.15, 0.2) is 0 Å². The molecule has 0 atom stereocenters. The van der Waals surface area contributed by atoms with Crippen LogP contribution in [0.2, 0.25) is 0 Å². The molecule has 0 unspecified atom stereocenters. The smallest absolute Gasteiger partial charge is 0.315 e. The third-order valence-electron chi connectivity index (χ3n) is 3.16. The molecule has 0 aliphatic heterocycles. The lowest BCUT2D eigenvalue weighted by Gasteiger charge is -2.33. The van der Waals surface area contributed by atoms with Gasteiger partial charge in [0.1, 0.15) is 0 Å². The van der Waals surface area contributed by atoms with Gasteiger partial charge in [-0.1, -0.05) is 6.92 Å². The van der Waals surface area contributed by atoms with Gasteiger partial charge in [-0.2, -0.15) is 0 Å². The molecule has 1 aliphatic carbocycles. The minimum atomic E-state index is -0.125. The van der Waals surface area contributed by atoms with Crippen molar-refractivity contribution in [2.45, 2.75) is 51.6 Å². The van der Waals surface area contributed by atoms with E-state index < -0.39 is 0 Å². The molecular formula is C11H23N3O. The van der Waals surface area contributed by atoms with E-state index in [2.05, 4.69) is 17.6 Å². The first-order valence-corrected chi connectivity index (χ1v) is 5.74. The van der Waals surface area contributed by atoms with Gasteiger partial charge in [0.05, 0.1) is 0 Å². The highest BCUT2D eigenvalue weighted by Crippen LogP contribution is 2.24. The van der Waals surface area contributed by atoms with Crippen molar-refractivity contribution in [1.29, 1.82) is 0 Å².